The zero-order chi connectivity index (χ0) is 26.1. The summed E-state index contributed by atoms with van der Waals surface area (Å²) in [6, 6.07) is 16.0. The van der Waals surface area contributed by atoms with E-state index in [1.807, 2.05) is 60.7 Å². The van der Waals surface area contributed by atoms with Gasteiger partial charge in [0.15, 0.2) is 0 Å². The quantitative estimate of drug-likeness (QED) is 0.343. The second-order valence-electron chi connectivity index (χ2n) is 8.80. The molecule has 3 amide bonds. The van der Waals surface area contributed by atoms with Crippen LogP contribution in [0.3, 0.4) is 0 Å². The third kappa shape index (κ3) is 7.24. The Morgan fingerprint density at radius 2 is 1.61 bits per heavy atom. The van der Waals surface area contributed by atoms with Gasteiger partial charge in [0.2, 0.25) is 17.7 Å². The number of amides is 3. The van der Waals surface area contributed by atoms with Crippen LogP contribution in [0, 0.1) is 0 Å². The number of esters is 1. The number of hydrogen-bond donors (Lipinski definition) is 2. The van der Waals surface area contributed by atoms with Crippen molar-refractivity contribution >= 4 is 39.6 Å². The fraction of sp³-hybridized carbons (Fsp3) is 0.407. The van der Waals surface area contributed by atoms with E-state index in [4.69, 9.17) is 4.74 Å². The van der Waals surface area contributed by atoms with E-state index in [0.717, 1.165) is 22.4 Å². The first-order chi connectivity index (χ1) is 17.3. The van der Waals surface area contributed by atoms with Crippen LogP contribution in [0.25, 0.3) is 0 Å². The summed E-state index contributed by atoms with van der Waals surface area (Å²) in [5, 5.41) is 5.80. The molecule has 0 radical (unpaired) electrons. The number of nitrogens with one attached hydrogen (secondary N) is 2. The predicted octanol–water partition coefficient (Wildman–Crippen LogP) is 2.39. The van der Waals surface area contributed by atoms with Crippen molar-refractivity contribution in [3.63, 3.8) is 0 Å². The number of alkyl halides is 1. The molecule has 0 spiro atoms. The number of carbonyl (C=O) groups is 4. The van der Waals surface area contributed by atoms with Crippen LogP contribution < -0.4 is 10.6 Å². The highest BCUT2D eigenvalue weighted by Gasteiger charge is 2.39. The van der Waals surface area contributed by atoms with Gasteiger partial charge in [0.05, 0.1) is 18.0 Å². The third-order valence-electron chi connectivity index (χ3n) is 6.21. The molecule has 0 bridgehead atoms. The maximum absolute atomic E-state index is 13.5. The van der Waals surface area contributed by atoms with E-state index >= 15 is 0 Å². The number of benzene rings is 2. The number of ether oxygens (including phenoxy) is 1. The molecule has 0 saturated carbocycles. The lowest BCUT2D eigenvalue weighted by Gasteiger charge is -2.31. The minimum absolute atomic E-state index is 0.215. The minimum Gasteiger partial charge on any atom is -0.467 e. The van der Waals surface area contributed by atoms with E-state index in [-0.39, 0.29) is 6.42 Å². The summed E-state index contributed by atoms with van der Waals surface area (Å²) < 4.78 is 4.89. The second-order valence-corrected chi connectivity index (χ2v) is 9.91. The van der Waals surface area contributed by atoms with Gasteiger partial charge in [-0.2, -0.15) is 0 Å². The highest BCUT2D eigenvalue weighted by atomic mass is 79.9. The Balaban J connectivity index is 1.80. The maximum Gasteiger partial charge on any atom is 0.328 e. The van der Waals surface area contributed by atoms with Crippen LogP contribution in [0.5, 0.6) is 0 Å². The Kier molecular flexibility index (Phi) is 10.2. The first-order valence-corrected chi connectivity index (χ1v) is 12.9. The molecule has 8 nitrogen and oxygen atoms in total. The van der Waals surface area contributed by atoms with Gasteiger partial charge >= 0.3 is 5.97 Å². The fourth-order valence-electron chi connectivity index (χ4n) is 4.21. The van der Waals surface area contributed by atoms with Gasteiger partial charge in [-0.05, 0) is 43.9 Å². The standard InChI is InChI=1S/C27H32BrN3O5/c1-18(24(32)30-23(27(35)36-2)17-20-12-7-4-8-13-20)31(26(34)22-14-9-15-29-22)25(33)21(28)16-19-10-5-3-6-11-19/h3-8,10-13,18,21-23,29H,9,14-17H2,1-2H3,(H,30,32)/t18-,21+,22-,23-/m0/s1. The van der Waals surface area contributed by atoms with E-state index in [2.05, 4.69) is 26.6 Å². The molecule has 1 heterocycles. The van der Waals surface area contributed by atoms with Crippen LogP contribution in [0.1, 0.15) is 30.9 Å². The molecule has 192 valence electrons. The fourth-order valence-corrected chi connectivity index (χ4v) is 4.80. The van der Waals surface area contributed by atoms with Crippen LogP contribution in [0.2, 0.25) is 0 Å². The number of rotatable bonds is 10. The van der Waals surface area contributed by atoms with E-state index in [0.29, 0.717) is 19.4 Å². The molecule has 0 aliphatic carbocycles. The van der Waals surface area contributed by atoms with Gasteiger partial charge < -0.3 is 15.4 Å². The molecule has 1 fully saturated rings. The van der Waals surface area contributed by atoms with E-state index in [9.17, 15) is 19.2 Å². The predicted molar refractivity (Wildman–Crippen MR) is 139 cm³/mol. The summed E-state index contributed by atoms with van der Waals surface area (Å²) in [4.78, 5) is 53.0. The summed E-state index contributed by atoms with van der Waals surface area (Å²) in [5.41, 5.74) is 1.76. The molecule has 2 N–H and O–H groups in total. The second kappa shape index (κ2) is 13.3. The summed E-state index contributed by atoms with van der Waals surface area (Å²) in [5.74, 6) is -2.17. The first kappa shape index (κ1) is 27.5. The van der Waals surface area contributed by atoms with Crippen molar-refractivity contribution in [3.8, 4) is 0 Å². The first-order valence-electron chi connectivity index (χ1n) is 12.0. The smallest absolute Gasteiger partial charge is 0.328 e. The minimum atomic E-state index is -1.13. The summed E-state index contributed by atoms with van der Waals surface area (Å²) in [6.07, 6.45) is 1.96. The summed E-state index contributed by atoms with van der Waals surface area (Å²) in [7, 11) is 1.25. The number of methoxy groups -OCH3 is 1. The molecule has 1 aliphatic heterocycles. The van der Waals surface area contributed by atoms with Gasteiger partial charge in [-0.15, -0.1) is 0 Å². The zero-order valence-electron chi connectivity index (χ0n) is 20.5. The Bertz CT molecular complexity index is 1040. The molecular formula is C27H32BrN3O5. The number of imide groups is 1. The van der Waals surface area contributed by atoms with E-state index in [1.54, 1.807) is 0 Å². The normalized spacial score (nSPS) is 17.5. The molecule has 4 atom stereocenters. The van der Waals surface area contributed by atoms with Gasteiger partial charge in [0.1, 0.15) is 12.1 Å². The lowest BCUT2D eigenvalue weighted by atomic mass is 10.0. The Morgan fingerprint density at radius 3 is 2.14 bits per heavy atom. The van der Waals surface area contributed by atoms with Crippen molar-refractivity contribution in [1.82, 2.24) is 15.5 Å². The average Bonchev–Trinajstić information content (AvgIpc) is 3.44. The molecule has 36 heavy (non-hydrogen) atoms. The molecule has 2 aromatic rings. The number of halogens is 1. The van der Waals surface area contributed by atoms with Gasteiger partial charge in [0.25, 0.3) is 0 Å². The molecule has 1 aliphatic rings. The van der Waals surface area contributed by atoms with E-state index in [1.165, 1.54) is 14.0 Å². The lowest BCUT2D eigenvalue weighted by Crippen LogP contribution is -2.58. The van der Waals surface area contributed by atoms with Gasteiger partial charge in [0, 0.05) is 6.42 Å². The molecule has 1 saturated heterocycles. The topological polar surface area (TPSA) is 105 Å². The van der Waals surface area contributed by atoms with Crippen LogP contribution in [-0.4, -0.2) is 65.2 Å². The van der Waals surface area contributed by atoms with Crippen molar-refractivity contribution in [1.29, 1.82) is 0 Å². The van der Waals surface area contributed by atoms with Crippen molar-refractivity contribution in [2.45, 2.75) is 55.6 Å². The van der Waals surface area contributed by atoms with Crippen LogP contribution in [0.15, 0.2) is 60.7 Å². The van der Waals surface area contributed by atoms with Crippen molar-refractivity contribution < 1.29 is 23.9 Å². The van der Waals surface area contributed by atoms with Crippen molar-refractivity contribution in [2.75, 3.05) is 13.7 Å². The largest absolute Gasteiger partial charge is 0.467 e. The lowest BCUT2D eigenvalue weighted by molar-refractivity contribution is -0.153. The zero-order valence-corrected chi connectivity index (χ0v) is 22.1. The number of carbonyl (C=O) groups excluding carboxylic acids is 4. The highest BCUT2D eigenvalue weighted by molar-refractivity contribution is 9.10. The molecular weight excluding hydrogens is 526 g/mol. The average molecular weight is 558 g/mol. The Labute approximate surface area is 219 Å². The Morgan fingerprint density at radius 1 is 1.03 bits per heavy atom. The molecule has 3 rings (SSSR count). The maximum atomic E-state index is 13.5. The van der Waals surface area contributed by atoms with Gasteiger partial charge in [-0.25, -0.2) is 4.79 Å². The summed E-state index contributed by atoms with van der Waals surface area (Å²) >= 11 is 3.43. The van der Waals surface area contributed by atoms with Crippen LogP contribution in [-0.2, 0) is 36.8 Å². The van der Waals surface area contributed by atoms with Crippen molar-refractivity contribution in [2.24, 2.45) is 0 Å². The van der Waals surface area contributed by atoms with E-state index < -0.39 is 46.6 Å². The molecule has 2 aromatic carbocycles. The molecule has 9 heteroatoms. The Hall–Kier alpha value is -3.04. The third-order valence-corrected chi connectivity index (χ3v) is 6.93. The molecule has 0 unspecified atom stereocenters. The van der Waals surface area contributed by atoms with Crippen molar-refractivity contribution in [3.05, 3.63) is 71.8 Å². The monoisotopic (exact) mass is 557 g/mol. The van der Waals surface area contributed by atoms with Gasteiger partial charge in [-0.3, -0.25) is 19.3 Å². The van der Waals surface area contributed by atoms with Crippen LogP contribution in [0.4, 0.5) is 0 Å². The SMILES string of the molecule is COC(=O)[C@H](Cc1ccccc1)NC(=O)[C@H](C)N(C(=O)[C@H](Br)Cc1ccccc1)C(=O)[C@@H]1CCCN1. The molecule has 0 aromatic heterocycles. The summed E-state index contributed by atoms with van der Waals surface area (Å²) in [6.45, 7) is 2.17. The highest BCUT2D eigenvalue weighted by Crippen LogP contribution is 2.19. The number of nitrogens with zero attached hydrogens (tertiary/aromatic N) is 1. The van der Waals surface area contributed by atoms with Gasteiger partial charge in [-0.1, -0.05) is 76.6 Å². The number of hydrogen-bond acceptors (Lipinski definition) is 6. The van der Waals surface area contributed by atoms with Crippen LogP contribution >= 0.6 is 15.9 Å².